The molecule has 7 nitrogen and oxygen atoms in total. The summed E-state index contributed by atoms with van der Waals surface area (Å²) in [6, 6.07) is 6.90. The molecule has 3 heterocycles. The van der Waals surface area contributed by atoms with Crippen molar-refractivity contribution < 1.29 is 13.2 Å². The predicted octanol–water partition coefficient (Wildman–Crippen LogP) is 3.48. The monoisotopic (exact) mass is 462 g/mol. The highest BCUT2D eigenvalue weighted by atomic mass is 32.2. The van der Waals surface area contributed by atoms with Gasteiger partial charge in [-0.15, -0.1) is 11.3 Å². The average molecular weight is 463 g/mol. The summed E-state index contributed by atoms with van der Waals surface area (Å²) in [6.45, 7) is 4.29. The first-order valence-electron chi connectivity index (χ1n) is 11.1. The van der Waals surface area contributed by atoms with Gasteiger partial charge in [-0.1, -0.05) is 18.6 Å². The minimum Gasteiger partial charge on any atom is -0.302 e. The Balaban J connectivity index is 1.25. The van der Waals surface area contributed by atoms with Crippen LogP contribution in [0.25, 0.3) is 0 Å². The van der Waals surface area contributed by atoms with Crippen LogP contribution in [0.3, 0.4) is 0 Å². The average Bonchev–Trinajstić information content (AvgIpc) is 3.46. The van der Waals surface area contributed by atoms with Crippen molar-refractivity contribution in [3.05, 3.63) is 40.9 Å². The van der Waals surface area contributed by atoms with Gasteiger partial charge in [-0.05, 0) is 62.9 Å². The van der Waals surface area contributed by atoms with Crippen LogP contribution >= 0.6 is 11.3 Å². The van der Waals surface area contributed by atoms with Crippen LogP contribution in [0.5, 0.6) is 0 Å². The summed E-state index contributed by atoms with van der Waals surface area (Å²) >= 11 is 1.46. The molecule has 0 unspecified atom stereocenters. The summed E-state index contributed by atoms with van der Waals surface area (Å²) in [7, 11) is -3.39. The number of amides is 1. The van der Waals surface area contributed by atoms with E-state index in [1.807, 2.05) is 5.38 Å². The molecule has 1 aromatic heterocycles. The molecule has 31 heavy (non-hydrogen) atoms. The molecule has 0 bridgehead atoms. The van der Waals surface area contributed by atoms with Gasteiger partial charge in [-0.3, -0.25) is 9.69 Å². The number of carbonyl (C=O) groups excluding carboxylic acids is 1. The second-order valence-electron chi connectivity index (χ2n) is 8.28. The normalized spacial score (nSPS) is 18.3. The second kappa shape index (κ2) is 10.2. The fourth-order valence-electron chi connectivity index (χ4n) is 4.13. The van der Waals surface area contributed by atoms with E-state index in [0.29, 0.717) is 36.0 Å². The van der Waals surface area contributed by atoms with Gasteiger partial charge in [0.25, 0.3) is 0 Å². The number of piperidine rings is 1. The second-order valence-corrected chi connectivity index (χ2v) is 11.1. The van der Waals surface area contributed by atoms with Crippen molar-refractivity contribution in [2.75, 3.05) is 31.5 Å². The molecule has 0 aliphatic carbocycles. The Morgan fingerprint density at radius 3 is 2.39 bits per heavy atom. The molecule has 0 radical (unpaired) electrons. The number of likely N-dealkylation sites (tertiary alicyclic amines) is 1. The van der Waals surface area contributed by atoms with Crippen LogP contribution in [0.4, 0.5) is 5.13 Å². The number of hydrogen-bond donors (Lipinski definition) is 1. The third-order valence-corrected chi connectivity index (χ3v) is 8.62. The molecule has 1 amide bonds. The zero-order chi connectivity index (χ0) is 21.7. The van der Waals surface area contributed by atoms with Crippen LogP contribution < -0.4 is 5.32 Å². The number of hydrogen-bond acceptors (Lipinski definition) is 6. The number of nitrogens with one attached hydrogen (secondary N) is 1. The Kier molecular flexibility index (Phi) is 7.37. The van der Waals surface area contributed by atoms with Crippen molar-refractivity contribution in [2.24, 2.45) is 0 Å². The van der Waals surface area contributed by atoms with Crippen molar-refractivity contribution in [1.29, 1.82) is 0 Å². The van der Waals surface area contributed by atoms with Gasteiger partial charge in [-0.25, -0.2) is 13.4 Å². The largest absolute Gasteiger partial charge is 0.302 e. The third kappa shape index (κ3) is 5.91. The summed E-state index contributed by atoms with van der Waals surface area (Å²) in [4.78, 5) is 19.6. The number of aryl methyl sites for hydroxylation is 1. The highest BCUT2D eigenvalue weighted by molar-refractivity contribution is 7.89. The van der Waals surface area contributed by atoms with Gasteiger partial charge in [0.05, 0.1) is 10.6 Å². The first kappa shape index (κ1) is 22.4. The molecular weight excluding hydrogens is 432 g/mol. The molecule has 0 spiro atoms. The van der Waals surface area contributed by atoms with Crippen molar-refractivity contribution in [3.63, 3.8) is 0 Å². The van der Waals surface area contributed by atoms with Crippen LogP contribution in [0.1, 0.15) is 49.8 Å². The standard InChI is InChI=1S/C22H30N4O3S2/c27-21(24-22-23-19(17-30-22)16-25-12-2-1-3-13-25)11-8-18-6-9-20(10-7-18)31(28,29)26-14-4-5-15-26/h6-7,9-10,17H,1-5,8,11-16H2,(H,23,24,27). The van der Waals surface area contributed by atoms with E-state index in [1.54, 1.807) is 28.6 Å². The van der Waals surface area contributed by atoms with E-state index in [4.69, 9.17) is 0 Å². The van der Waals surface area contributed by atoms with Gasteiger partial charge in [-0.2, -0.15) is 4.31 Å². The summed E-state index contributed by atoms with van der Waals surface area (Å²) in [5.74, 6) is -0.0763. The molecule has 168 valence electrons. The molecule has 1 aromatic carbocycles. The number of benzene rings is 1. The molecule has 9 heteroatoms. The van der Waals surface area contributed by atoms with E-state index in [-0.39, 0.29) is 5.91 Å². The number of anilines is 1. The molecule has 4 rings (SSSR count). The highest BCUT2D eigenvalue weighted by Crippen LogP contribution is 2.22. The molecule has 2 saturated heterocycles. The molecule has 2 aliphatic rings. The summed E-state index contributed by atoms with van der Waals surface area (Å²) < 4.78 is 26.7. The zero-order valence-electron chi connectivity index (χ0n) is 17.8. The molecule has 0 atom stereocenters. The van der Waals surface area contributed by atoms with E-state index in [2.05, 4.69) is 15.2 Å². The summed E-state index contributed by atoms with van der Waals surface area (Å²) in [6.07, 6.45) is 6.54. The van der Waals surface area contributed by atoms with Crippen LogP contribution in [0, 0.1) is 0 Å². The van der Waals surface area contributed by atoms with Crippen LogP contribution in [-0.2, 0) is 27.8 Å². The van der Waals surface area contributed by atoms with Crippen LogP contribution in [0.15, 0.2) is 34.5 Å². The van der Waals surface area contributed by atoms with E-state index in [0.717, 1.165) is 43.7 Å². The number of carbonyl (C=O) groups is 1. The lowest BCUT2D eigenvalue weighted by atomic mass is 10.1. The smallest absolute Gasteiger partial charge is 0.243 e. The molecule has 2 fully saturated rings. The summed E-state index contributed by atoms with van der Waals surface area (Å²) in [5.41, 5.74) is 1.96. The Hall–Kier alpha value is -1.81. The molecule has 0 saturated carbocycles. The minimum absolute atomic E-state index is 0.0763. The number of nitrogens with zero attached hydrogens (tertiary/aromatic N) is 3. The number of rotatable bonds is 8. The zero-order valence-corrected chi connectivity index (χ0v) is 19.4. The molecular formula is C22H30N4O3S2. The maximum atomic E-state index is 12.6. The van der Waals surface area contributed by atoms with Gasteiger partial charge in [0.1, 0.15) is 0 Å². The fourth-order valence-corrected chi connectivity index (χ4v) is 6.36. The lowest BCUT2D eigenvalue weighted by molar-refractivity contribution is -0.116. The number of aromatic nitrogens is 1. The van der Waals surface area contributed by atoms with Crippen LogP contribution in [0.2, 0.25) is 0 Å². The topological polar surface area (TPSA) is 82.6 Å². The van der Waals surface area contributed by atoms with Gasteiger partial charge >= 0.3 is 0 Å². The van der Waals surface area contributed by atoms with Gasteiger partial charge in [0, 0.05) is 31.4 Å². The first-order valence-corrected chi connectivity index (χ1v) is 13.4. The Labute approximate surface area is 188 Å². The minimum atomic E-state index is -3.39. The maximum absolute atomic E-state index is 12.6. The van der Waals surface area contributed by atoms with Crippen molar-refractivity contribution in [2.45, 2.75) is 56.4 Å². The van der Waals surface area contributed by atoms with Gasteiger partial charge in [0.2, 0.25) is 15.9 Å². The molecule has 2 aromatic rings. The van der Waals surface area contributed by atoms with Crippen LogP contribution in [-0.4, -0.2) is 54.7 Å². The van der Waals surface area contributed by atoms with E-state index in [9.17, 15) is 13.2 Å². The Morgan fingerprint density at radius 2 is 1.68 bits per heavy atom. The Morgan fingerprint density at radius 1 is 1.00 bits per heavy atom. The fraction of sp³-hybridized carbons (Fsp3) is 0.545. The highest BCUT2D eigenvalue weighted by Gasteiger charge is 2.26. The molecule has 1 N–H and O–H groups in total. The van der Waals surface area contributed by atoms with E-state index in [1.165, 1.54) is 30.6 Å². The van der Waals surface area contributed by atoms with Crippen molar-refractivity contribution in [1.82, 2.24) is 14.2 Å². The SMILES string of the molecule is O=C(CCc1ccc(S(=O)(=O)N2CCCC2)cc1)Nc1nc(CN2CCCCC2)cs1. The quantitative estimate of drug-likeness (QED) is 0.649. The lowest BCUT2D eigenvalue weighted by Crippen LogP contribution is -2.29. The van der Waals surface area contributed by atoms with Crippen molar-refractivity contribution >= 4 is 32.4 Å². The Bertz CT molecular complexity index is 976. The summed E-state index contributed by atoms with van der Waals surface area (Å²) in [5, 5.41) is 5.55. The van der Waals surface area contributed by atoms with Gasteiger partial charge < -0.3 is 5.32 Å². The molecule has 2 aliphatic heterocycles. The van der Waals surface area contributed by atoms with E-state index < -0.39 is 10.0 Å². The van der Waals surface area contributed by atoms with Crippen molar-refractivity contribution in [3.8, 4) is 0 Å². The number of sulfonamides is 1. The third-order valence-electron chi connectivity index (χ3n) is 5.90. The number of thiazole rings is 1. The maximum Gasteiger partial charge on any atom is 0.243 e. The van der Waals surface area contributed by atoms with E-state index >= 15 is 0 Å². The first-order chi connectivity index (χ1) is 15.0. The lowest BCUT2D eigenvalue weighted by Gasteiger charge is -2.25. The predicted molar refractivity (Wildman–Crippen MR) is 123 cm³/mol. The van der Waals surface area contributed by atoms with Gasteiger partial charge in [0.15, 0.2) is 5.13 Å².